The first kappa shape index (κ1) is 17.8. The third-order valence-corrected chi connectivity index (χ3v) is 8.07. The first-order valence-corrected chi connectivity index (χ1v) is 10.2. The van der Waals surface area contributed by atoms with Gasteiger partial charge in [0.05, 0.1) is 30.0 Å². The van der Waals surface area contributed by atoms with Crippen LogP contribution in [0.1, 0.15) is 38.2 Å². The molecular weight excluding hydrogens is 374 g/mol. The fourth-order valence-electron chi connectivity index (χ4n) is 6.49. The SMILES string of the molecule is CC[C@@]12CCCN3C(C#N)=CC4=Nc5ccccc5C4([C@@H]31)[C@@](Cl)(C(=O)OC)C2. The van der Waals surface area contributed by atoms with Crippen LogP contribution in [0.15, 0.2) is 41.0 Å². The van der Waals surface area contributed by atoms with Gasteiger partial charge in [0, 0.05) is 6.54 Å². The molecule has 0 N–H and O–H groups in total. The first-order chi connectivity index (χ1) is 13.5. The number of nitrogens with zero attached hydrogens (tertiary/aromatic N) is 3. The summed E-state index contributed by atoms with van der Waals surface area (Å²) in [5, 5.41) is 9.86. The summed E-state index contributed by atoms with van der Waals surface area (Å²) in [5.41, 5.74) is 2.17. The number of alkyl halides is 1. The third kappa shape index (κ3) is 1.74. The Balaban J connectivity index is 1.91. The van der Waals surface area contributed by atoms with Crippen LogP contribution in [0.3, 0.4) is 0 Å². The van der Waals surface area contributed by atoms with Crippen molar-refractivity contribution < 1.29 is 9.53 Å². The van der Waals surface area contributed by atoms with Crippen molar-refractivity contribution in [3.8, 4) is 6.07 Å². The van der Waals surface area contributed by atoms with Gasteiger partial charge >= 0.3 is 5.97 Å². The largest absolute Gasteiger partial charge is 0.468 e. The Morgan fingerprint density at radius 3 is 2.96 bits per heavy atom. The number of fused-ring (bicyclic) bond motifs is 1. The normalized spacial score (nSPS) is 37.2. The number of halogens is 1. The molecule has 4 atom stereocenters. The van der Waals surface area contributed by atoms with Gasteiger partial charge in [-0.1, -0.05) is 25.1 Å². The van der Waals surface area contributed by atoms with Gasteiger partial charge in [-0.15, -0.1) is 11.6 Å². The molecule has 1 aromatic carbocycles. The van der Waals surface area contributed by atoms with Crippen molar-refractivity contribution in [3.05, 3.63) is 41.6 Å². The highest BCUT2D eigenvalue weighted by Gasteiger charge is 2.78. The Labute approximate surface area is 169 Å². The molecule has 5 nitrogen and oxygen atoms in total. The van der Waals surface area contributed by atoms with E-state index in [2.05, 4.69) is 17.9 Å². The van der Waals surface area contributed by atoms with Crippen LogP contribution in [-0.4, -0.2) is 41.2 Å². The molecule has 1 spiro atoms. The van der Waals surface area contributed by atoms with Gasteiger partial charge < -0.3 is 9.64 Å². The highest BCUT2D eigenvalue weighted by atomic mass is 35.5. The number of ether oxygens (including phenoxy) is 1. The highest BCUT2D eigenvalue weighted by molar-refractivity contribution is 6.39. The Morgan fingerprint density at radius 2 is 2.25 bits per heavy atom. The number of benzene rings is 1. The molecule has 1 unspecified atom stereocenters. The van der Waals surface area contributed by atoms with Crippen molar-refractivity contribution in [1.29, 1.82) is 5.26 Å². The summed E-state index contributed by atoms with van der Waals surface area (Å²) < 4.78 is 5.27. The Hall–Kier alpha value is -2.32. The lowest BCUT2D eigenvalue weighted by Gasteiger charge is -2.55. The molecule has 1 saturated heterocycles. The van der Waals surface area contributed by atoms with E-state index in [1.54, 1.807) is 0 Å². The lowest BCUT2D eigenvalue weighted by molar-refractivity contribution is -0.145. The average Bonchev–Trinajstić information content (AvgIpc) is 3.19. The number of piperidine rings is 1. The van der Waals surface area contributed by atoms with E-state index in [0.29, 0.717) is 12.1 Å². The van der Waals surface area contributed by atoms with Gasteiger partial charge in [0.1, 0.15) is 11.8 Å². The van der Waals surface area contributed by atoms with E-state index in [-0.39, 0.29) is 11.5 Å². The molecule has 0 aromatic heterocycles. The molecule has 2 fully saturated rings. The Kier molecular flexibility index (Phi) is 3.56. The molecule has 4 aliphatic rings. The zero-order valence-electron chi connectivity index (χ0n) is 16.0. The lowest BCUT2D eigenvalue weighted by Crippen LogP contribution is -2.66. The number of aliphatic imine (C=N–C) groups is 1. The maximum atomic E-state index is 13.2. The van der Waals surface area contributed by atoms with Gasteiger partial charge in [-0.2, -0.15) is 5.26 Å². The number of esters is 1. The van der Waals surface area contributed by atoms with E-state index in [4.69, 9.17) is 21.3 Å². The molecule has 1 aliphatic carbocycles. The van der Waals surface area contributed by atoms with Crippen molar-refractivity contribution in [2.24, 2.45) is 10.4 Å². The van der Waals surface area contributed by atoms with E-state index in [9.17, 15) is 10.1 Å². The molecular formula is C22H22ClN3O2. The fraction of sp³-hybridized carbons (Fsp3) is 0.500. The zero-order chi connectivity index (χ0) is 19.7. The quantitative estimate of drug-likeness (QED) is 0.563. The second kappa shape index (κ2) is 5.61. The summed E-state index contributed by atoms with van der Waals surface area (Å²) in [6, 6.07) is 10.2. The van der Waals surface area contributed by atoms with Gasteiger partial charge in [0.2, 0.25) is 0 Å². The second-order valence-corrected chi connectivity index (χ2v) is 8.99. The monoisotopic (exact) mass is 395 g/mol. The summed E-state index contributed by atoms with van der Waals surface area (Å²) in [6.07, 6.45) is 5.20. The van der Waals surface area contributed by atoms with Crippen molar-refractivity contribution >= 4 is 29.0 Å². The van der Waals surface area contributed by atoms with Crippen molar-refractivity contribution in [3.63, 3.8) is 0 Å². The molecule has 1 aromatic rings. The van der Waals surface area contributed by atoms with Crippen LogP contribution in [0.25, 0.3) is 0 Å². The van der Waals surface area contributed by atoms with E-state index in [1.807, 2.05) is 30.3 Å². The molecule has 6 heteroatoms. The Bertz CT molecular complexity index is 996. The van der Waals surface area contributed by atoms with Crippen LogP contribution < -0.4 is 0 Å². The number of nitriles is 1. The number of hydrogen-bond donors (Lipinski definition) is 0. The maximum Gasteiger partial charge on any atom is 0.328 e. The molecule has 5 rings (SSSR count). The van der Waals surface area contributed by atoms with Crippen molar-refractivity contribution in [2.75, 3.05) is 13.7 Å². The van der Waals surface area contributed by atoms with E-state index >= 15 is 0 Å². The van der Waals surface area contributed by atoms with Gasteiger partial charge in [-0.05, 0) is 48.8 Å². The summed E-state index contributed by atoms with van der Waals surface area (Å²) in [5.74, 6) is -0.408. The Morgan fingerprint density at radius 1 is 1.46 bits per heavy atom. The number of rotatable bonds is 2. The third-order valence-electron chi connectivity index (χ3n) is 7.48. The topological polar surface area (TPSA) is 65.7 Å². The number of para-hydroxylation sites is 1. The number of carbonyl (C=O) groups excluding carboxylic acids is 1. The minimum absolute atomic E-state index is 0.0857. The van der Waals surface area contributed by atoms with E-state index in [1.165, 1.54) is 7.11 Å². The summed E-state index contributed by atoms with van der Waals surface area (Å²) in [4.78, 5) is 19.0. The van der Waals surface area contributed by atoms with Crippen molar-refractivity contribution in [1.82, 2.24) is 4.90 Å². The van der Waals surface area contributed by atoms with E-state index < -0.39 is 16.3 Å². The van der Waals surface area contributed by atoms with Crippen LogP contribution in [0, 0.1) is 16.7 Å². The molecule has 3 aliphatic heterocycles. The predicted octanol–water partition coefficient (Wildman–Crippen LogP) is 3.85. The fourth-order valence-corrected chi connectivity index (χ4v) is 7.13. The predicted molar refractivity (Wildman–Crippen MR) is 107 cm³/mol. The van der Waals surface area contributed by atoms with Crippen LogP contribution in [0.2, 0.25) is 0 Å². The number of methoxy groups -OCH3 is 1. The highest BCUT2D eigenvalue weighted by Crippen LogP contribution is 2.70. The molecule has 3 heterocycles. The average molecular weight is 396 g/mol. The molecule has 0 amide bonds. The minimum atomic E-state index is -1.26. The van der Waals surface area contributed by atoms with Crippen LogP contribution in [-0.2, 0) is 14.9 Å². The lowest BCUT2D eigenvalue weighted by atomic mass is 9.60. The van der Waals surface area contributed by atoms with Crippen LogP contribution in [0.5, 0.6) is 0 Å². The van der Waals surface area contributed by atoms with Crippen molar-refractivity contribution in [2.45, 2.75) is 48.9 Å². The first-order valence-electron chi connectivity index (χ1n) is 9.83. The molecule has 0 bridgehead atoms. The second-order valence-electron chi connectivity index (χ2n) is 8.35. The van der Waals surface area contributed by atoms with Crippen LogP contribution >= 0.6 is 11.6 Å². The van der Waals surface area contributed by atoms with E-state index in [0.717, 1.165) is 42.8 Å². The molecule has 1 saturated carbocycles. The summed E-state index contributed by atoms with van der Waals surface area (Å²) >= 11 is 7.35. The van der Waals surface area contributed by atoms with Gasteiger partial charge in [-0.25, -0.2) is 0 Å². The van der Waals surface area contributed by atoms with Gasteiger partial charge in [-0.3, -0.25) is 9.79 Å². The smallest absolute Gasteiger partial charge is 0.328 e. The number of hydrogen-bond acceptors (Lipinski definition) is 5. The number of carbonyl (C=O) groups is 1. The van der Waals surface area contributed by atoms with Gasteiger partial charge in [0.25, 0.3) is 0 Å². The zero-order valence-corrected chi connectivity index (χ0v) is 16.8. The van der Waals surface area contributed by atoms with Crippen LogP contribution in [0.4, 0.5) is 5.69 Å². The molecule has 0 radical (unpaired) electrons. The maximum absolute atomic E-state index is 13.2. The minimum Gasteiger partial charge on any atom is -0.468 e. The molecule has 144 valence electrons. The molecule has 28 heavy (non-hydrogen) atoms. The summed E-state index contributed by atoms with van der Waals surface area (Å²) in [7, 11) is 1.40. The summed E-state index contributed by atoms with van der Waals surface area (Å²) in [6.45, 7) is 2.95. The van der Waals surface area contributed by atoms with Gasteiger partial charge in [0.15, 0.2) is 4.87 Å². The standard InChI is InChI=1S/C22H22ClN3O2/c1-3-20-9-6-10-26-14(12-24)11-17-22(18(20)26,21(23,13-20)19(27)28-2)15-7-4-5-8-16(15)25-17/h4-5,7-8,11,18H,3,6,9-10,13H2,1-2H3/t18-,20-,21-,22?/m0/s1. The number of allylic oxidation sites excluding steroid dienone is 2.